The van der Waals surface area contributed by atoms with Crippen molar-refractivity contribution in [1.82, 2.24) is 25.0 Å². The number of guanidine groups is 1. The highest BCUT2D eigenvalue weighted by molar-refractivity contribution is 14.0. The van der Waals surface area contributed by atoms with Crippen molar-refractivity contribution in [2.75, 3.05) is 20.2 Å². The van der Waals surface area contributed by atoms with E-state index in [9.17, 15) is 0 Å². The van der Waals surface area contributed by atoms with Gasteiger partial charge < -0.3 is 19.5 Å². The highest BCUT2D eigenvalue weighted by Gasteiger charge is 2.28. The number of rotatable bonds is 5. The van der Waals surface area contributed by atoms with Gasteiger partial charge in [-0.3, -0.25) is 0 Å². The quantitative estimate of drug-likeness (QED) is 0.368. The van der Waals surface area contributed by atoms with Crippen LogP contribution in [0.25, 0.3) is 0 Å². The second kappa shape index (κ2) is 10.5. The van der Waals surface area contributed by atoms with Crippen LogP contribution in [-0.2, 0) is 13.6 Å². The average molecular weight is 524 g/mol. The Hall–Kier alpha value is -1.84. The molecule has 1 saturated heterocycles. The minimum Gasteiger partial charge on any atom is -0.497 e. The van der Waals surface area contributed by atoms with Crippen LogP contribution in [0.5, 0.6) is 5.75 Å². The Morgan fingerprint density at radius 3 is 2.53 bits per heavy atom. The van der Waals surface area contributed by atoms with Crippen LogP contribution in [0.1, 0.15) is 55.2 Å². The molecule has 2 aromatic rings. The maximum absolute atomic E-state index is 5.30. The zero-order valence-corrected chi connectivity index (χ0v) is 20.5. The van der Waals surface area contributed by atoms with Crippen LogP contribution >= 0.6 is 24.0 Å². The van der Waals surface area contributed by atoms with Gasteiger partial charge in [-0.1, -0.05) is 25.0 Å². The highest BCUT2D eigenvalue weighted by atomic mass is 127. The molecule has 2 heterocycles. The van der Waals surface area contributed by atoms with E-state index in [0.29, 0.717) is 18.5 Å². The van der Waals surface area contributed by atoms with Crippen LogP contribution in [0.4, 0.5) is 0 Å². The second-order valence-electron chi connectivity index (χ2n) is 8.19. The largest absolute Gasteiger partial charge is 0.497 e. The lowest BCUT2D eigenvalue weighted by molar-refractivity contribution is 0.414. The van der Waals surface area contributed by atoms with E-state index >= 15 is 0 Å². The van der Waals surface area contributed by atoms with Gasteiger partial charge >= 0.3 is 0 Å². The Morgan fingerprint density at radius 1 is 1.17 bits per heavy atom. The van der Waals surface area contributed by atoms with Crippen molar-refractivity contribution in [2.24, 2.45) is 12.0 Å². The van der Waals surface area contributed by atoms with Crippen LogP contribution < -0.4 is 10.1 Å². The first kappa shape index (κ1) is 22.8. The van der Waals surface area contributed by atoms with E-state index in [1.165, 1.54) is 31.2 Å². The Balaban J connectivity index is 0.00000256. The summed E-state index contributed by atoms with van der Waals surface area (Å²) in [6.07, 6.45) is 6.22. The Kier molecular flexibility index (Phi) is 7.96. The molecule has 8 heteroatoms. The van der Waals surface area contributed by atoms with Gasteiger partial charge in [-0.15, -0.1) is 34.2 Å². The number of aliphatic imine (C=N–C) groups is 1. The molecule has 0 spiro atoms. The summed E-state index contributed by atoms with van der Waals surface area (Å²) in [6.45, 7) is 4.53. The number of nitrogens with zero attached hydrogens (tertiary/aromatic N) is 5. The Bertz CT molecular complexity index is 844. The van der Waals surface area contributed by atoms with E-state index in [-0.39, 0.29) is 24.0 Å². The maximum Gasteiger partial charge on any atom is 0.194 e. The molecule has 7 nitrogen and oxygen atoms in total. The predicted molar refractivity (Wildman–Crippen MR) is 130 cm³/mol. The lowest BCUT2D eigenvalue weighted by Crippen LogP contribution is -2.44. The van der Waals surface area contributed by atoms with Crippen molar-refractivity contribution < 1.29 is 4.74 Å². The van der Waals surface area contributed by atoms with E-state index in [1.54, 1.807) is 7.11 Å². The summed E-state index contributed by atoms with van der Waals surface area (Å²) in [5, 5.41) is 12.2. The molecule has 2 aliphatic rings. The average Bonchev–Trinajstić information content (AvgIpc) is 3.49. The van der Waals surface area contributed by atoms with E-state index in [4.69, 9.17) is 9.73 Å². The van der Waals surface area contributed by atoms with Crippen LogP contribution in [0, 0.1) is 6.92 Å². The number of nitrogens with one attached hydrogen (secondary N) is 1. The number of ether oxygens (including phenoxy) is 1. The van der Waals surface area contributed by atoms with Crippen LogP contribution in [0.15, 0.2) is 29.3 Å². The van der Waals surface area contributed by atoms with Gasteiger partial charge in [0.05, 0.1) is 7.11 Å². The summed E-state index contributed by atoms with van der Waals surface area (Å²) < 4.78 is 7.31. The fourth-order valence-corrected chi connectivity index (χ4v) is 4.32. The number of hydrogen-bond donors (Lipinski definition) is 1. The van der Waals surface area contributed by atoms with Crippen LogP contribution in [0.2, 0.25) is 0 Å². The lowest BCUT2D eigenvalue weighted by Gasteiger charge is -2.25. The van der Waals surface area contributed by atoms with Gasteiger partial charge in [0.15, 0.2) is 11.8 Å². The topological polar surface area (TPSA) is 67.6 Å². The zero-order chi connectivity index (χ0) is 20.2. The van der Waals surface area contributed by atoms with Gasteiger partial charge in [0, 0.05) is 32.1 Å². The molecule has 1 saturated carbocycles. The number of hydrogen-bond acceptors (Lipinski definition) is 4. The molecular formula is C22H33IN6O. The molecule has 2 fully saturated rings. The summed E-state index contributed by atoms with van der Waals surface area (Å²) in [5.41, 5.74) is 1.37. The summed E-state index contributed by atoms with van der Waals surface area (Å²) >= 11 is 0. The fraction of sp³-hybridized carbons (Fsp3) is 0.591. The van der Waals surface area contributed by atoms with Crippen molar-refractivity contribution in [3.63, 3.8) is 0 Å². The number of benzene rings is 1. The van der Waals surface area contributed by atoms with Gasteiger partial charge in [0.2, 0.25) is 0 Å². The summed E-state index contributed by atoms with van der Waals surface area (Å²) in [5.74, 6) is 4.27. The summed E-state index contributed by atoms with van der Waals surface area (Å²) in [4.78, 5) is 7.37. The molecule has 0 amide bonds. The lowest BCUT2D eigenvalue weighted by atomic mass is 9.98. The Labute approximate surface area is 196 Å². The first-order valence-corrected chi connectivity index (χ1v) is 10.7. The molecule has 1 N–H and O–H groups in total. The van der Waals surface area contributed by atoms with Crippen molar-refractivity contribution in [2.45, 2.75) is 57.5 Å². The Morgan fingerprint density at radius 2 is 1.90 bits per heavy atom. The predicted octanol–water partition coefficient (Wildman–Crippen LogP) is 3.63. The first-order chi connectivity index (χ1) is 14.1. The van der Waals surface area contributed by atoms with E-state index in [0.717, 1.165) is 42.9 Å². The monoisotopic (exact) mass is 524 g/mol. The van der Waals surface area contributed by atoms with Crippen molar-refractivity contribution in [1.29, 1.82) is 0 Å². The van der Waals surface area contributed by atoms with Crippen molar-refractivity contribution >= 4 is 29.9 Å². The molecule has 4 rings (SSSR count). The van der Waals surface area contributed by atoms with Crippen LogP contribution in [-0.4, -0.2) is 51.9 Å². The minimum atomic E-state index is 0. The number of halogens is 1. The first-order valence-electron chi connectivity index (χ1n) is 10.7. The molecule has 1 aliphatic carbocycles. The molecule has 1 aliphatic heterocycles. The summed E-state index contributed by atoms with van der Waals surface area (Å²) in [6, 6.07) is 9.03. The number of likely N-dealkylation sites (tertiary alicyclic amines) is 1. The van der Waals surface area contributed by atoms with Crippen molar-refractivity contribution in [3.8, 4) is 5.75 Å². The van der Waals surface area contributed by atoms with Gasteiger partial charge in [-0.25, -0.2) is 4.99 Å². The standard InChI is InChI=1S/C22H32N6O.HI/c1-16-25-26-21(27(16)2)14-23-22(24-19-6-4-5-7-19)28-13-12-18(15-28)17-8-10-20(29-3)11-9-17;/h8-11,18-19H,4-7,12-15H2,1-3H3,(H,23,24);1H. The third-order valence-electron chi connectivity index (χ3n) is 6.32. The molecule has 0 radical (unpaired) electrons. The summed E-state index contributed by atoms with van der Waals surface area (Å²) in [7, 11) is 3.71. The van der Waals surface area contributed by atoms with Crippen LogP contribution in [0.3, 0.4) is 0 Å². The second-order valence-corrected chi connectivity index (χ2v) is 8.19. The third kappa shape index (κ3) is 5.25. The molecule has 30 heavy (non-hydrogen) atoms. The molecule has 0 bridgehead atoms. The number of aromatic nitrogens is 3. The van der Waals surface area contributed by atoms with Gasteiger partial charge in [-0.05, 0) is 43.9 Å². The minimum absolute atomic E-state index is 0. The van der Waals surface area contributed by atoms with Gasteiger partial charge in [0.25, 0.3) is 0 Å². The van der Waals surface area contributed by atoms with Gasteiger partial charge in [0.1, 0.15) is 18.1 Å². The van der Waals surface area contributed by atoms with Gasteiger partial charge in [-0.2, -0.15) is 0 Å². The fourth-order valence-electron chi connectivity index (χ4n) is 4.32. The number of aryl methyl sites for hydroxylation is 1. The molecule has 1 aromatic carbocycles. The molecule has 164 valence electrons. The molecule has 1 unspecified atom stereocenters. The number of methoxy groups -OCH3 is 1. The van der Waals surface area contributed by atoms with E-state index in [2.05, 4.69) is 44.7 Å². The van der Waals surface area contributed by atoms with Crippen molar-refractivity contribution in [3.05, 3.63) is 41.5 Å². The van der Waals surface area contributed by atoms with E-state index < -0.39 is 0 Å². The third-order valence-corrected chi connectivity index (χ3v) is 6.32. The SMILES string of the molecule is COc1ccc(C2CCN(C(=NCc3nnc(C)n3C)NC3CCCC3)C2)cc1.I. The zero-order valence-electron chi connectivity index (χ0n) is 18.2. The maximum atomic E-state index is 5.30. The molecule has 1 aromatic heterocycles. The smallest absolute Gasteiger partial charge is 0.194 e. The molecular weight excluding hydrogens is 491 g/mol. The normalized spacial score (nSPS) is 19.8. The highest BCUT2D eigenvalue weighted by Crippen LogP contribution is 2.29. The molecule has 1 atom stereocenters. The van der Waals surface area contributed by atoms with E-state index in [1.807, 2.05) is 18.5 Å².